The third-order valence-corrected chi connectivity index (χ3v) is 4.94. The topological polar surface area (TPSA) is 38.3 Å². The van der Waals surface area contributed by atoms with Crippen LogP contribution in [0.3, 0.4) is 0 Å². The van der Waals surface area contributed by atoms with E-state index < -0.39 is 0 Å². The minimum atomic E-state index is -0.263. The molecule has 0 spiro atoms. The van der Waals surface area contributed by atoms with Crippen molar-refractivity contribution in [2.75, 3.05) is 19.8 Å². The van der Waals surface area contributed by atoms with Gasteiger partial charge in [0, 0.05) is 25.2 Å². The lowest BCUT2D eigenvalue weighted by atomic mass is 9.74. The first-order chi connectivity index (χ1) is 11.6. The molecule has 1 aliphatic heterocycles. The van der Waals surface area contributed by atoms with Gasteiger partial charge in [-0.15, -0.1) is 0 Å². The van der Waals surface area contributed by atoms with Crippen LogP contribution in [0.25, 0.3) is 0 Å². The summed E-state index contributed by atoms with van der Waals surface area (Å²) < 4.78 is 18.7. The van der Waals surface area contributed by atoms with Gasteiger partial charge in [-0.3, -0.25) is 4.79 Å². The van der Waals surface area contributed by atoms with E-state index in [1.54, 1.807) is 36.4 Å². The summed E-state index contributed by atoms with van der Waals surface area (Å²) in [4.78, 5) is 12.4. The van der Waals surface area contributed by atoms with Gasteiger partial charge < -0.3 is 10.1 Å². The monoisotopic (exact) mass is 347 g/mol. The van der Waals surface area contributed by atoms with Gasteiger partial charge in [-0.2, -0.15) is 0 Å². The number of benzene rings is 2. The standard InChI is InChI=1S/C19H19ClFNO2/c20-17-4-2-1-3-16(17)18(23)22-13-19(9-11-24-12-10-19)14-5-7-15(21)8-6-14/h1-8H,9-13H2,(H,22,23). The molecule has 2 aromatic rings. The Labute approximate surface area is 145 Å². The minimum Gasteiger partial charge on any atom is -0.381 e. The maximum absolute atomic E-state index is 13.2. The summed E-state index contributed by atoms with van der Waals surface area (Å²) in [7, 11) is 0. The van der Waals surface area contributed by atoms with Crippen LogP contribution in [-0.4, -0.2) is 25.7 Å². The van der Waals surface area contributed by atoms with E-state index >= 15 is 0 Å². The molecule has 5 heteroatoms. The van der Waals surface area contributed by atoms with Crippen molar-refractivity contribution in [3.8, 4) is 0 Å². The molecule has 0 aliphatic carbocycles. The predicted octanol–water partition coefficient (Wildman–Crippen LogP) is 3.96. The lowest BCUT2D eigenvalue weighted by Crippen LogP contribution is -2.44. The van der Waals surface area contributed by atoms with Crippen molar-refractivity contribution in [1.29, 1.82) is 0 Å². The minimum absolute atomic E-state index is 0.200. The van der Waals surface area contributed by atoms with Crippen LogP contribution in [0.2, 0.25) is 5.02 Å². The molecule has 0 unspecified atom stereocenters. The van der Waals surface area contributed by atoms with E-state index in [9.17, 15) is 9.18 Å². The van der Waals surface area contributed by atoms with Crippen LogP contribution >= 0.6 is 11.6 Å². The van der Waals surface area contributed by atoms with E-state index in [1.165, 1.54) is 12.1 Å². The Morgan fingerprint density at radius 1 is 1.12 bits per heavy atom. The average molecular weight is 348 g/mol. The van der Waals surface area contributed by atoms with E-state index in [-0.39, 0.29) is 17.1 Å². The maximum Gasteiger partial charge on any atom is 0.252 e. The fourth-order valence-electron chi connectivity index (χ4n) is 3.12. The number of hydrogen-bond donors (Lipinski definition) is 1. The van der Waals surface area contributed by atoms with Crippen LogP contribution in [0, 0.1) is 5.82 Å². The Kier molecular flexibility index (Phi) is 5.17. The molecule has 2 aromatic carbocycles. The largest absolute Gasteiger partial charge is 0.381 e. The van der Waals surface area contributed by atoms with Gasteiger partial charge in [-0.25, -0.2) is 4.39 Å². The Morgan fingerprint density at radius 2 is 1.79 bits per heavy atom. The van der Waals surface area contributed by atoms with Crippen molar-refractivity contribution in [2.24, 2.45) is 0 Å². The van der Waals surface area contributed by atoms with Gasteiger partial charge in [-0.05, 0) is 42.7 Å². The second-order valence-corrected chi connectivity index (χ2v) is 6.47. The number of carbonyl (C=O) groups is 1. The van der Waals surface area contributed by atoms with E-state index in [4.69, 9.17) is 16.3 Å². The van der Waals surface area contributed by atoms with Gasteiger partial charge in [0.2, 0.25) is 0 Å². The summed E-state index contributed by atoms with van der Waals surface area (Å²) in [6, 6.07) is 13.5. The van der Waals surface area contributed by atoms with Crippen molar-refractivity contribution < 1.29 is 13.9 Å². The highest BCUT2D eigenvalue weighted by Gasteiger charge is 2.35. The Bertz CT molecular complexity index is 712. The Hall–Kier alpha value is -1.91. The van der Waals surface area contributed by atoms with Crippen molar-refractivity contribution >= 4 is 17.5 Å². The normalized spacial score (nSPS) is 16.6. The molecule has 1 fully saturated rings. The van der Waals surface area contributed by atoms with Gasteiger partial charge in [0.1, 0.15) is 5.82 Å². The molecule has 1 aliphatic rings. The highest BCUT2D eigenvalue weighted by molar-refractivity contribution is 6.33. The van der Waals surface area contributed by atoms with E-state index in [2.05, 4.69) is 5.32 Å². The molecule has 3 nitrogen and oxygen atoms in total. The van der Waals surface area contributed by atoms with Gasteiger partial charge in [-0.1, -0.05) is 35.9 Å². The molecule has 1 heterocycles. The lowest BCUT2D eigenvalue weighted by Gasteiger charge is -2.38. The van der Waals surface area contributed by atoms with Crippen molar-refractivity contribution in [1.82, 2.24) is 5.32 Å². The summed E-state index contributed by atoms with van der Waals surface area (Å²) in [6.45, 7) is 1.71. The number of hydrogen-bond acceptors (Lipinski definition) is 2. The number of nitrogens with one attached hydrogen (secondary N) is 1. The molecule has 126 valence electrons. The van der Waals surface area contributed by atoms with E-state index in [0.717, 1.165) is 18.4 Å². The second kappa shape index (κ2) is 7.32. The SMILES string of the molecule is O=C(NCC1(c2ccc(F)cc2)CCOCC1)c1ccccc1Cl. The number of carbonyl (C=O) groups excluding carboxylic acids is 1. The zero-order chi connectivity index (χ0) is 17.0. The van der Waals surface area contributed by atoms with Crippen LogP contribution in [-0.2, 0) is 10.2 Å². The highest BCUT2D eigenvalue weighted by Crippen LogP contribution is 2.34. The molecule has 0 atom stereocenters. The molecule has 1 saturated heterocycles. The molecule has 0 radical (unpaired) electrons. The summed E-state index contributed by atoms with van der Waals surface area (Å²) in [6.07, 6.45) is 1.56. The smallest absolute Gasteiger partial charge is 0.252 e. The third-order valence-electron chi connectivity index (χ3n) is 4.61. The summed E-state index contributed by atoms with van der Waals surface area (Å²) >= 11 is 6.09. The molecule has 0 bridgehead atoms. The first-order valence-electron chi connectivity index (χ1n) is 7.97. The zero-order valence-corrected chi connectivity index (χ0v) is 14.0. The molecule has 1 amide bonds. The fraction of sp³-hybridized carbons (Fsp3) is 0.316. The lowest BCUT2D eigenvalue weighted by molar-refractivity contribution is 0.0487. The Morgan fingerprint density at radius 3 is 2.46 bits per heavy atom. The van der Waals surface area contributed by atoms with Crippen molar-refractivity contribution in [2.45, 2.75) is 18.3 Å². The summed E-state index contributed by atoms with van der Waals surface area (Å²) in [5.41, 5.74) is 1.23. The third kappa shape index (κ3) is 3.60. The molecular weight excluding hydrogens is 329 g/mol. The first-order valence-corrected chi connectivity index (χ1v) is 8.35. The fourth-order valence-corrected chi connectivity index (χ4v) is 3.34. The van der Waals surface area contributed by atoms with Gasteiger partial charge in [0.15, 0.2) is 0 Å². The molecular formula is C19H19ClFNO2. The van der Waals surface area contributed by atoms with Gasteiger partial charge in [0.25, 0.3) is 5.91 Å². The van der Waals surface area contributed by atoms with Crippen LogP contribution < -0.4 is 5.32 Å². The van der Waals surface area contributed by atoms with Crippen LogP contribution in [0.15, 0.2) is 48.5 Å². The number of amides is 1. The molecule has 0 aromatic heterocycles. The first kappa shape index (κ1) is 16.9. The maximum atomic E-state index is 13.2. The molecule has 0 saturated carbocycles. The predicted molar refractivity (Wildman–Crippen MR) is 91.9 cm³/mol. The zero-order valence-electron chi connectivity index (χ0n) is 13.2. The van der Waals surface area contributed by atoms with Crippen molar-refractivity contribution in [3.63, 3.8) is 0 Å². The van der Waals surface area contributed by atoms with Crippen LogP contribution in [0.1, 0.15) is 28.8 Å². The van der Waals surface area contributed by atoms with E-state index in [0.29, 0.717) is 30.3 Å². The molecule has 24 heavy (non-hydrogen) atoms. The van der Waals surface area contributed by atoms with Crippen molar-refractivity contribution in [3.05, 3.63) is 70.5 Å². The summed E-state index contributed by atoms with van der Waals surface area (Å²) in [5, 5.41) is 3.42. The quantitative estimate of drug-likeness (QED) is 0.909. The number of ether oxygens (including phenoxy) is 1. The van der Waals surface area contributed by atoms with E-state index in [1.807, 2.05) is 0 Å². The number of rotatable bonds is 4. The Balaban J connectivity index is 1.79. The number of halogens is 2. The van der Waals surface area contributed by atoms with Gasteiger partial charge in [0.05, 0.1) is 10.6 Å². The molecule has 1 N–H and O–H groups in total. The molecule has 3 rings (SSSR count). The second-order valence-electron chi connectivity index (χ2n) is 6.06. The average Bonchev–Trinajstić information content (AvgIpc) is 2.61. The highest BCUT2D eigenvalue weighted by atomic mass is 35.5. The van der Waals surface area contributed by atoms with Crippen LogP contribution in [0.4, 0.5) is 4.39 Å². The summed E-state index contributed by atoms with van der Waals surface area (Å²) in [5.74, 6) is -0.463. The van der Waals surface area contributed by atoms with Crippen LogP contribution in [0.5, 0.6) is 0 Å². The van der Waals surface area contributed by atoms with Gasteiger partial charge >= 0.3 is 0 Å².